The fraction of sp³-hybridized carbons (Fsp3) is 0.250. The predicted molar refractivity (Wildman–Crippen MR) is 96.4 cm³/mol. The summed E-state index contributed by atoms with van der Waals surface area (Å²) in [5.41, 5.74) is 0.564. The Balaban J connectivity index is 0.00000156. The maximum Gasteiger partial charge on any atom is 0.243 e. The van der Waals surface area contributed by atoms with Gasteiger partial charge in [0.25, 0.3) is 0 Å². The molecule has 2 heterocycles. The van der Waals surface area contributed by atoms with E-state index in [1.54, 1.807) is 12.1 Å². The lowest BCUT2D eigenvalue weighted by molar-refractivity contribution is -0.120. The molecule has 3 rings (SSSR count). The molecule has 2 aromatic rings. The van der Waals surface area contributed by atoms with Crippen molar-refractivity contribution in [2.45, 2.75) is 6.04 Å². The maximum absolute atomic E-state index is 12.8. The van der Waals surface area contributed by atoms with Gasteiger partial charge in [0, 0.05) is 12.6 Å². The summed E-state index contributed by atoms with van der Waals surface area (Å²) in [6.07, 6.45) is 1.50. The van der Waals surface area contributed by atoms with Crippen LogP contribution in [0.4, 0.5) is 10.1 Å². The average Bonchev–Trinajstić information content (AvgIpc) is 2.59. The minimum Gasteiger partial charge on any atom is -0.439 e. The molecule has 1 unspecified atom stereocenters. The number of pyridine rings is 1. The van der Waals surface area contributed by atoms with Crippen LogP contribution in [-0.2, 0) is 9.53 Å². The van der Waals surface area contributed by atoms with Crippen molar-refractivity contribution in [1.29, 1.82) is 0 Å². The largest absolute Gasteiger partial charge is 0.439 e. The van der Waals surface area contributed by atoms with Crippen LogP contribution in [0.15, 0.2) is 42.6 Å². The molecule has 1 amide bonds. The van der Waals surface area contributed by atoms with Crippen molar-refractivity contribution in [2.24, 2.45) is 0 Å². The number of hydrogen-bond acceptors (Lipinski definition) is 5. The van der Waals surface area contributed by atoms with Crippen LogP contribution in [0.1, 0.15) is 0 Å². The van der Waals surface area contributed by atoms with E-state index in [4.69, 9.17) is 9.47 Å². The molecule has 0 bridgehead atoms. The number of rotatable bonds is 4. The van der Waals surface area contributed by atoms with E-state index in [1.807, 2.05) is 0 Å². The highest BCUT2D eigenvalue weighted by atomic mass is 35.5. The number of amides is 1. The van der Waals surface area contributed by atoms with Crippen LogP contribution in [0.5, 0.6) is 11.6 Å². The first-order valence-electron chi connectivity index (χ1n) is 7.22. The molecule has 25 heavy (non-hydrogen) atoms. The lowest BCUT2D eigenvalue weighted by atomic mass is 10.2. The zero-order valence-corrected chi connectivity index (χ0v) is 14.7. The van der Waals surface area contributed by atoms with Crippen molar-refractivity contribution in [3.8, 4) is 11.6 Å². The second-order valence-corrected chi connectivity index (χ2v) is 5.01. The van der Waals surface area contributed by atoms with Gasteiger partial charge in [0.2, 0.25) is 11.8 Å². The van der Waals surface area contributed by atoms with E-state index in [2.05, 4.69) is 15.6 Å². The third-order valence-corrected chi connectivity index (χ3v) is 3.28. The molecule has 1 aromatic carbocycles. The molecule has 1 aliphatic rings. The normalized spacial score (nSPS) is 16.1. The molecule has 6 nitrogen and oxygen atoms in total. The minimum atomic E-state index is -0.362. The standard InChI is InChI=1S/C16H16FN3O3.2ClH/c17-11-1-4-13(5-2-11)23-15-6-3-12(9-19-15)20-16(21)14-10-22-8-7-18-14;;/h1-6,9,14,18H,7-8,10H2,(H,20,21);2*1H. The summed E-state index contributed by atoms with van der Waals surface area (Å²) in [7, 11) is 0. The SMILES string of the molecule is Cl.Cl.O=C(Nc1ccc(Oc2ccc(F)cc2)nc1)C1COCCN1. The number of nitrogens with one attached hydrogen (secondary N) is 2. The van der Waals surface area contributed by atoms with Crippen LogP contribution in [0.25, 0.3) is 0 Å². The average molecular weight is 390 g/mol. The summed E-state index contributed by atoms with van der Waals surface area (Å²) in [5.74, 6) is 0.343. The Bertz CT molecular complexity index is 665. The van der Waals surface area contributed by atoms with E-state index in [-0.39, 0.29) is 42.6 Å². The van der Waals surface area contributed by atoms with Gasteiger partial charge in [0.1, 0.15) is 17.6 Å². The number of nitrogens with zero attached hydrogens (tertiary/aromatic N) is 1. The highest BCUT2D eigenvalue weighted by molar-refractivity contribution is 5.94. The quantitative estimate of drug-likeness (QED) is 0.840. The molecule has 0 saturated carbocycles. The van der Waals surface area contributed by atoms with Crippen molar-refractivity contribution in [3.05, 3.63) is 48.4 Å². The van der Waals surface area contributed by atoms with Crippen LogP contribution in [-0.4, -0.2) is 36.7 Å². The summed E-state index contributed by atoms with van der Waals surface area (Å²) >= 11 is 0. The van der Waals surface area contributed by atoms with Gasteiger partial charge in [-0.1, -0.05) is 0 Å². The van der Waals surface area contributed by atoms with Crippen molar-refractivity contribution >= 4 is 36.4 Å². The number of hydrogen-bond donors (Lipinski definition) is 2. The molecule has 1 fully saturated rings. The van der Waals surface area contributed by atoms with Crippen LogP contribution in [0.3, 0.4) is 0 Å². The monoisotopic (exact) mass is 389 g/mol. The van der Waals surface area contributed by atoms with E-state index >= 15 is 0 Å². The van der Waals surface area contributed by atoms with Gasteiger partial charge in [0.05, 0.1) is 25.1 Å². The fourth-order valence-electron chi connectivity index (χ4n) is 2.10. The van der Waals surface area contributed by atoms with Crippen molar-refractivity contribution in [3.63, 3.8) is 0 Å². The summed E-state index contributed by atoms with van der Waals surface area (Å²) in [6.45, 7) is 1.62. The number of benzene rings is 1. The highest BCUT2D eigenvalue weighted by Crippen LogP contribution is 2.20. The van der Waals surface area contributed by atoms with Crippen LogP contribution in [0, 0.1) is 5.82 Å². The summed E-state index contributed by atoms with van der Waals surface area (Å²) in [4.78, 5) is 16.1. The van der Waals surface area contributed by atoms with E-state index in [0.29, 0.717) is 37.1 Å². The number of aromatic nitrogens is 1. The number of ether oxygens (including phenoxy) is 2. The van der Waals surface area contributed by atoms with Crippen LogP contribution in [0.2, 0.25) is 0 Å². The molecule has 136 valence electrons. The van der Waals surface area contributed by atoms with Crippen LogP contribution < -0.4 is 15.4 Å². The summed E-state index contributed by atoms with van der Waals surface area (Å²) < 4.78 is 23.6. The van der Waals surface area contributed by atoms with Gasteiger partial charge >= 0.3 is 0 Å². The summed E-state index contributed by atoms with van der Waals surface area (Å²) in [5, 5.41) is 5.84. The van der Waals surface area contributed by atoms with Gasteiger partial charge in [0.15, 0.2) is 0 Å². The molecular formula is C16H18Cl2FN3O3. The lowest BCUT2D eigenvalue weighted by Gasteiger charge is -2.22. The fourth-order valence-corrected chi connectivity index (χ4v) is 2.10. The Morgan fingerprint density at radius 3 is 2.60 bits per heavy atom. The Labute approximate surface area is 156 Å². The highest BCUT2D eigenvalue weighted by Gasteiger charge is 2.21. The first kappa shape index (κ1) is 21.1. The Kier molecular flexibility index (Phi) is 8.57. The third-order valence-electron chi connectivity index (χ3n) is 3.28. The van der Waals surface area contributed by atoms with Gasteiger partial charge < -0.3 is 20.1 Å². The Morgan fingerprint density at radius 2 is 2.00 bits per heavy atom. The molecule has 0 radical (unpaired) electrons. The lowest BCUT2D eigenvalue weighted by Crippen LogP contribution is -2.48. The molecule has 0 spiro atoms. The molecule has 1 aromatic heterocycles. The number of anilines is 1. The van der Waals surface area contributed by atoms with E-state index in [9.17, 15) is 9.18 Å². The first-order chi connectivity index (χ1) is 11.2. The summed E-state index contributed by atoms with van der Waals surface area (Å²) in [6, 6.07) is 8.60. The zero-order valence-electron chi connectivity index (χ0n) is 13.1. The van der Waals surface area contributed by atoms with Gasteiger partial charge in [-0.15, -0.1) is 24.8 Å². The van der Waals surface area contributed by atoms with Crippen molar-refractivity contribution < 1.29 is 18.7 Å². The first-order valence-corrected chi connectivity index (χ1v) is 7.22. The molecule has 9 heteroatoms. The number of halogens is 3. The second-order valence-electron chi connectivity index (χ2n) is 5.01. The Morgan fingerprint density at radius 1 is 1.24 bits per heavy atom. The van der Waals surface area contributed by atoms with Crippen molar-refractivity contribution in [1.82, 2.24) is 10.3 Å². The number of carbonyl (C=O) groups excluding carboxylic acids is 1. The Hall–Kier alpha value is -1.93. The molecule has 2 N–H and O–H groups in total. The van der Waals surface area contributed by atoms with Crippen molar-refractivity contribution in [2.75, 3.05) is 25.1 Å². The van der Waals surface area contributed by atoms with E-state index in [1.165, 1.54) is 30.5 Å². The topological polar surface area (TPSA) is 72.5 Å². The third kappa shape index (κ3) is 6.13. The van der Waals surface area contributed by atoms with E-state index < -0.39 is 0 Å². The smallest absolute Gasteiger partial charge is 0.243 e. The van der Waals surface area contributed by atoms with Gasteiger partial charge in [-0.25, -0.2) is 9.37 Å². The maximum atomic E-state index is 12.8. The molecular weight excluding hydrogens is 372 g/mol. The number of carbonyl (C=O) groups is 1. The van der Waals surface area contributed by atoms with E-state index in [0.717, 1.165) is 0 Å². The minimum absolute atomic E-state index is 0. The number of morpholine rings is 1. The predicted octanol–water partition coefficient (Wildman–Crippen LogP) is 2.78. The molecule has 1 saturated heterocycles. The second kappa shape index (κ2) is 10.1. The van der Waals surface area contributed by atoms with Gasteiger partial charge in [-0.2, -0.15) is 0 Å². The zero-order chi connectivity index (χ0) is 16.1. The van der Waals surface area contributed by atoms with Gasteiger partial charge in [-0.05, 0) is 30.3 Å². The molecule has 1 atom stereocenters. The molecule has 0 aliphatic carbocycles. The van der Waals surface area contributed by atoms with Gasteiger partial charge in [-0.3, -0.25) is 4.79 Å². The molecule has 1 aliphatic heterocycles. The van der Waals surface area contributed by atoms with Crippen LogP contribution >= 0.6 is 24.8 Å².